The Labute approximate surface area is 105 Å². The van der Waals surface area contributed by atoms with Gasteiger partial charge in [0.1, 0.15) is 6.04 Å². The lowest BCUT2D eigenvalue weighted by molar-refractivity contribution is -0.174. The second-order valence-electron chi connectivity index (χ2n) is 4.16. The minimum Gasteiger partial charge on any atom is -0.462 e. The van der Waals surface area contributed by atoms with Crippen LogP contribution in [-0.4, -0.2) is 18.5 Å². The van der Waals surface area contributed by atoms with E-state index in [2.05, 4.69) is 4.74 Å². The number of rotatable bonds is 4. The highest BCUT2D eigenvalue weighted by molar-refractivity contribution is 5.78. The molecule has 0 aliphatic carbocycles. The second-order valence-corrected chi connectivity index (χ2v) is 4.16. The fourth-order valence-electron chi connectivity index (χ4n) is 1.52. The van der Waals surface area contributed by atoms with Gasteiger partial charge in [-0.1, -0.05) is 18.2 Å². The zero-order valence-electron chi connectivity index (χ0n) is 10.7. The van der Waals surface area contributed by atoms with Crippen LogP contribution in [0.25, 0.3) is 0 Å². The first-order valence-corrected chi connectivity index (χ1v) is 5.68. The third-order valence-corrected chi connectivity index (χ3v) is 2.83. The molecule has 0 fully saturated rings. The Morgan fingerprint density at radius 1 is 1.39 bits per heavy atom. The van der Waals surface area contributed by atoms with Crippen molar-refractivity contribution in [2.75, 3.05) is 6.61 Å². The van der Waals surface area contributed by atoms with Crippen LogP contribution in [0.5, 0.6) is 0 Å². The molecular formula is C13H17F2NO2. The molecule has 3 nitrogen and oxygen atoms in total. The van der Waals surface area contributed by atoms with E-state index < -0.39 is 17.9 Å². The maximum Gasteiger partial charge on any atom is 0.379 e. The maximum absolute atomic E-state index is 13.7. The molecule has 5 heteroatoms. The SMILES string of the molecule is CCOC(=O)C(F)(F)[C@@H](N)c1ccc(C)c(C)c1. The molecule has 1 atom stereocenters. The molecule has 0 aliphatic heterocycles. The van der Waals surface area contributed by atoms with E-state index in [1.165, 1.54) is 13.0 Å². The van der Waals surface area contributed by atoms with Gasteiger partial charge in [0.05, 0.1) is 6.61 Å². The van der Waals surface area contributed by atoms with Gasteiger partial charge in [0, 0.05) is 0 Å². The van der Waals surface area contributed by atoms with Crippen LogP contribution < -0.4 is 5.73 Å². The topological polar surface area (TPSA) is 52.3 Å². The van der Waals surface area contributed by atoms with Crippen LogP contribution in [0.1, 0.15) is 29.7 Å². The fraction of sp³-hybridized carbons (Fsp3) is 0.462. The Morgan fingerprint density at radius 2 is 2.00 bits per heavy atom. The van der Waals surface area contributed by atoms with Gasteiger partial charge >= 0.3 is 11.9 Å². The first-order valence-electron chi connectivity index (χ1n) is 5.68. The predicted molar refractivity (Wildman–Crippen MR) is 64.4 cm³/mol. The Bertz CT molecular complexity index is 447. The lowest BCUT2D eigenvalue weighted by atomic mass is 9.97. The molecule has 0 saturated heterocycles. The molecule has 0 bridgehead atoms. The van der Waals surface area contributed by atoms with Crippen LogP contribution in [0.4, 0.5) is 8.78 Å². The molecule has 0 saturated carbocycles. The van der Waals surface area contributed by atoms with Crippen LogP contribution in [0, 0.1) is 13.8 Å². The number of aryl methyl sites for hydroxylation is 2. The fourth-order valence-corrected chi connectivity index (χ4v) is 1.52. The summed E-state index contributed by atoms with van der Waals surface area (Å²) in [5.41, 5.74) is 7.52. The highest BCUT2D eigenvalue weighted by atomic mass is 19.3. The summed E-state index contributed by atoms with van der Waals surface area (Å²) in [7, 11) is 0. The summed E-state index contributed by atoms with van der Waals surface area (Å²) in [5.74, 6) is -5.31. The summed E-state index contributed by atoms with van der Waals surface area (Å²) in [6.07, 6.45) is 0. The van der Waals surface area contributed by atoms with Crippen LogP contribution in [-0.2, 0) is 9.53 Å². The van der Waals surface area contributed by atoms with Gasteiger partial charge in [-0.15, -0.1) is 0 Å². The highest BCUT2D eigenvalue weighted by Gasteiger charge is 2.47. The normalized spacial score (nSPS) is 13.2. The number of ether oxygens (including phenoxy) is 1. The number of hydrogen-bond acceptors (Lipinski definition) is 3. The summed E-state index contributed by atoms with van der Waals surface area (Å²) in [6.45, 7) is 5.03. The van der Waals surface area contributed by atoms with Crippen molar-refractivity contribution in [3.63, 3.8) is 0 Å². The van der Waals surface area contributed by atoms with Gasteiger partial charge in [0.2, 0.25) is 0 Å². The zero-order chi connectivity index (χ0) is 13.9. The van der Waals surface area contributed by atoms with E-state index in [0.29, 0.717) is 0 Å². The predicted octanol–water partition coefficient (Wildman–Crippen LogP) is 2.50. The third-order valence-electron chi connectivity index (χ3n) is 2.83. The molecule has 0 heterocycles. The van der Waals surface area contributed by atoms with Gasteiger partial charge in [-0.3, -0.25) is 0 Å². The average Bonchev–Trinajstić information content (AvgIpc) is 2.32. The number of hydrogen-bond donors (Lipinski definition) is 1. The standard InChI is InChI=1S/C13H17F2NO2/c1-4-18-12(17)13(14,15)11(16)10-6-5-8(2)9(3)7-10/h5-7,11H,4,16H2,1-3H3/t11-/m0/s1. The molecule has 2 N–H and O–H groups in total. The molecule has 0 amide bonds. The van der Waals surface area contributed by atoms with Crippen molar-refractivity contribution in [2.24, 2.45) is 5.73 Å². The van der Waals surface area contributed by atoms with Gasteiger partial charge in [0.15, 0.2) is 0 Å². The number of benzene rings is 1. The number of halogens is 2. The van der Waals surface area contributed by atoms with Crippen molar-refractivity contribution in [3.05, 3.63) is 34.9 Å². The molecule has 0 unspecified atom stereocenters. The number of carbonyl (C=O) groups is 1. The number of alkyl halides is 2. The van der Waals surface area contributed by atoms with Crippen molar-refractivity contribution in [2.45, 2.75) is 32.7 Å². The number of esters is 1. The molecule has 0 spiro atoms. The third kappa shape index (κ3) is 2.85. The first-order chi connectivity index (χ1) is 8.30. The molecule has 0 radical (unpaired) electrons. The van der Waals surface area contributed by atoms with E-state index in [1.807, 2.05) is 6.92 Å². The van der Waals surface area contributed by atoms with Crippen molar-refractivity contribution in [1.29, 1.82) is 0 Å². The highest BCUT2D eigenvalue weighted by Crippen LogP contribution is 2.31. The number of nitrogens with two attached hydrogens (primary N) is 1. The quantitative estimate of drug-likeness (QED) is 0.843. The summed E-state index contributed by atoms with van der Waals surface area (Å²) < 4.78 is 31.8. The molecule has 1 aromatic rings. The van der Waals surface area contributed by atoms with Gasteiger partial charge in [-0.2, -0.15) is 8.78 Å². The minimum atomic E-state index is -3.72. The van der Waals surface area contributed by atoms with Crippen molar-refractivity contribution >= 4 is 5.97 Å². The number of carbonyl (C=O) groups excluding carboxylic acids is 1. The summed E-state index contributed by atoms with van der Waals surface area (Å²) in [4.78, 5) is 11.2. The smallest absolute Gasteiger partial charge is 0.379 e. The lowest BCUT2D eigenvalue weighted by Crippen LogP contribution is -2.41. The summed E-state index contributed by atoms with van der Waals surface area (Å²) in [6, 6.07) is 3.06. The van der Waals surface area contributed by atoms with Crippen LogP contribution in [0.15, 0.2) is 18.2 Å². The summed E-state index contributed by atoms with van der Waals surface area (Å²) >= 11 is 0. The summed E-state index contributed by atoms with van der Waals surface area (Å²) in [5, 5.41) is 0. The van der Waals surface area contributed by atoms with Crippen molar-refractivity contribution < 1.29 is 18.3 Å². The molecule has 0 aliphatic rings. The van der Waals surface area contributed by atoms with Crippen LogP contribution in [0.2, 0.25) is 0 Å². The van der Waals surface area contributed by atoms with E-state index in [1.54, 1.807) is 19.1 Å². The van der Waals surface area contributed by atoms with Crippen LogP contribution in [0.3, 0.4) is 0 Å². The monoisotopic (exact) mass is 257 g/mol. The molecular weight excluding hydrogens is 240 g/mol. The van der Waals surface area contributed by atoms with Gasteiger partial charge in [-0.05, 0) is 37.5 Å². The Morgan fingerprint density at radius 3 is 2.50 bits per heavy atom. The molecule has 18 heavy (non-hydrogen) atoms. The molecule has 0 aromatic heterocycles. The minimum absolute atomic E-state index is 0.103. The lowest BCUT2D eigenvalue weighted by Gasteiger charge is -2.22. The van der Waals surface area contributed by atoms with Crippen molar-refractivity contribution in [1.82, 2.24) is 0 Å². The van der Waals surface area contributed by atoms with E-state index in [9.17, 15) is 13.6 Å². The Hall–Kier alpha value is -1.49. The van der Waals surface area contributed by atoms with Gasteiger partial charge in [0.25, 0.3) is 0 Å². The maximum atomic E-state index is 13.7. The van der Waals surface area contributed by atoms with Gasteiger partial charge in [-0.25, -0.2) is 4.79 Å². The van der Waals surface area contributed by atoms with Crippen LogP contribution >= 0.6 is 0 Å². The van der Waals surface area contributed by atoms with E-state index in [0.717, 1.165) is 11.1 Å². The average molecular weight is 257 g/mol. The van der Waals surface area contributed by atoms with E-state index in [4.69, 9.17) is 5.73 Å². The zero-order valence-corrected chi connectivity index (χ0v) is 10.7. The second kappa shape index (κ2) is 5.44. The van der Waals surface area contributed by atoms with E-state index in [-0.39, 0.29) is 12.2 Å². The Balaban J connectivity index is 3.01. The van der Waals surface area contributed by atoms with E-state index >= 15 is 0 Å². The molecule has 100 valence electrons. The first kappa shape index (κ1) is 14.6. The molecule has 1 aromatic carbocycles. The van der Waals surface area contributed by atoms with Crippen molar-refractivity contribution in [3.8, 4) is 0 Å². The Kier molecular flexibility index (Phi) is 4.40. The largest absolute Gasteiger partial charge is 0.462 e. The molecule has 1 rings (SSSR count). The van der Waals surface area contributed by atoms with Gasteiger partial charge < -0.3 is 10.5 Å².